The molecule has 2 unspecified atom stereocenters. The third-order valence-corrected chi connectivity index (χ3v) is 4.97. The number of halogens is 1. The number of nitrogens with zero attached hydrogens (tertiary/aromatic N) is 1. The lowest BCUT2D eigenvalue weighted by atomic mass is 10.0. The van der Waals surface area contributed by atoms with Crippen molar-refractivity contribution in [1.82, 2.24) is 0 Å². The van der Waals surface area contributed by atoms with E-state index >= 15 is 0 Å². The molecule has 18 heavy (non-hydrogen) atoms. The molecule has 1 fully saturated rings. The zero-order chi connectivity index (χ0) is 13.3. The summed E-state index contributed by atoms with van der Waals surface area (Å²) in [4.78, 5) is 2.28. The van der Waals surface area contributed by atoms with Gasteiger partial charge in [0.15, 0.2) is 0 Å². The van der Waals surface area contributed by atoms with Crippen LogP contribution in [0.5, 0.6) is 0 Å². The highest BCUT2D eigenvalue weighted by atomic mass is 32.2. The zero-order valence-corrected chi connectivity index (χ0v) is 11.9. The van der Waals surface area contributed by atoms with E-state index in [0.29, 0.717) is 16.9 Å². The Morgan fingerprint density at radius 3 is 2.83 bits per heavy atom. The van der Waals surface area contributed by atoms with Crippen molar-refractivity contribution >= 4 is 17.4 Å². The van der Waals surface area contributed by atoms with E-state index in [0.717, 1.165) is 18.0 Å². The van der Waals surface area contributed by atoms with E-state index in [2.05, 4.69) is 18.7 Å². The first kappa shape index (κ1) is 13.7. The summed E-state index contributed by atoms with van der Waals surface area (Å²) in [5, 5.41) is 10.4. The predicted octanol–water partition coefficient (Wildman–Crippen LogP) is 3.21. The molecule has 1 aliphatic rings. The smallest absolute Gasteiger partial charge is 0.123 e. The highest BCUT2D eigenvalue weighted by molar-refractivity contribution is 8.00. The van der Waals surface area contributed by atoms with Gasteiger partial charge in [-0.3, -0.25) is 0 Å². The molecule has 1 saturated heterocycles. The van der Waals surface area contributed by atoms with Crippen LogP contribution in [0.15, 0.2) is 18.2 Å². The van der Waals surface area contributed by atoms with Crippen LogP contribution in [0.25, 0.3) is 0 Å². The molecule has 1 heterocycles. The minimum absolute atomic E-state index is 0.290. The summed E-state index contributed by atoms with van der Waals surface area (Å²) in [6.45, 7) is 7.03. The van der Waals surface area contributed by atoms with Crippen molar-refractivity contribution in [3.8, 4) is 0 Å². The van der Waals surface area contributed by atoms with Gasteiger partial charge in [0.25, 0.3) is 0 Å². The summed E-state index contributed by atoms with van der Waals surface area (Å²) in [5.74, 6) is 0.782. The molecule has 0 spiro atoms. The number of thioether (sulfide) groups is 1. The van der Waals surface area contributed by atoms with Gasteiger partial charge >= 0.3 is 0 Å². The van der Waals surface area contributed by atoms with Crippen LogP contribution in [-0.2, 0) is 0 Å². The second-order valence-electron chi connectivity index (χ2n) is 4.89. The first-order valence-corrected chi connectivity index (χ1v) is 7.41. The maximum Gasteiger partial charge on any atom is 0.123 e. The van der Waals surface area contributed by atoms with E-state index in [1.54, 1.807) is 13.0 Å². The molecule has 4 heteroatoms. The average Bonchev–Trinajstić information content (AvgIpc) is 2.33. The Morgan fingerprint density at radius 2 is 2.17 bits per heavy atom. The largest absolute Gasteiger partial charge is 0.389 e. The number of hydrogen-bond donors (Lipinski definition) is 1. The molecule has 0 saturated carbocycles. The molecular formula is C14H20FNOS. The minimum atomic E-state index is -0.646. The Balaban J connectivity index is 2.37. The monoisotopic (exact) mass is 269 g/mol. The Labute approximate surface area is 112 Å². The normalized spacial score (nSPS) is 26.2. The van der Waals surface area contributed by atoms with E-state index < -0.39 is 6.10 Å². The van der Waals surface area contributed by atoms with Gasteiger partial charge < -0.3 is 10.0 Å². The van der Waals surface area contributed by atoms with Gasteiger partial charge in [-0.2, -0.15) is 11.8 Å². The Hall–Kier alpha value is -0.740. The molecule has 0 amide bonds. The van der Waals surface area contributed by atoms with E-state index in [1.165, 1.54) is 12.1 Å². The molecule has 1 N–H and O–H groups in total. The number of hydrogen-bond acceptors (Lipinski definition) is 3. The van der Waals surface area contributed by atoms with Crippen molar-refractivity contribution in [2.45, 2.75) is 38.2 Å². The lowest BCUT2D eigenvalue weighted by Gasteiger charge is -2.40. The second-order valence-corrected chi connectivity index (χ2v) is 6.37. The topological polar surface area (TPSA) is 23.5 Å². The molecule has 0 bridgehead atoms. The third kappa shape index (κ3) is 2.64. The van der Waals surface area contributed by atoms with E-state index in [1.807, 2.05) is 11.8 Å². The molecule has 1 aromatic rings. The van der Waals surface area contributed by atoms with Crippen molar-refractivity contribution in [3.05, 3.63) is 29.6 Å². The molecule has 3 atom stereocenters. The molecule has 0 aliphatic carbocycles. The highest BCUT2D eigenvalue weighted by Gasteiger charge is 2.27. The van der Waals surface area contributed by atoms with Gasteiger partial charge in [-0.1, -0.05) is 6.92 Å². The fourth-order valence-corrected chi connectivity index (χ4v) is 3.49. The first-order valence-electron chi connectivity index (χ1n) is 6.36. The van der Waals surface area contributed by atoms with Crippen molar-refractivity contribution in [3.63, 3.8) is 0 Å². The fraction of sp³-hybridized carbons (Fsp3) is 0.571. The molecule has 2 nitrogen and oxygen atoms in total. The molecule has 1 aromatic carbocycles. The summed E-state index contributed by atoms with van der Waals surface area (Å²) in [6.07, 6.45) is -0.646. The van der Waals surface area contributed by atoms with E-state index in [-0.39, 0.29) is 5.82 Å². The van der Waals surface area contributed by atoms with Gasteiger partial charge in [0.2, 0.25) is 0 Å². The third-order valence-electron chi connectivity index (χ3n) is 3.63. The van der Waals surface area contributed by atoms with Crippen molar-refractivity contribution in [1.29, 1.82) is 0 Å². The SMILES string of the molecule is CC1SCCN(c2ccc(F)cc2[C@@H](C)O)C1C. The van der Waals surface area contributed by atoms with Gasteiger partial charge in [-0.25, -0.2) is 4.39 Å². The number of aliphatic hydroxyl groups is 1. The van der Waals surface area contributed by atoms with Gasteiger partial charge in [0.1, 0.15) is 5.82 Å². The number of anilines is 1. The van der Waals surface area contributed by atoms with Crippen molar-refractivity contribution < 1.29 is 9.50 Å². The Kier molecular flexibility index (Phi) is 4.17. The molecule has 0 radical (unpaired) electrons. The Morgan fingerprint density at radius 1 is 1.44 bits per heavy atom. The predicted molar refractivity (Wildman–Crippen MR) is 75.8 cm³/mol. The van der Waals surface area contributed by atoms with E-state index in [9.17, 15) is 9.50 Å². The highest BCUT2D eigenvalue weighted by Crippen LogP contribution is 2.33. The molecule has 1 aliphatic heterocycles. The molecule has 100 valence electrons. The maximum atomic E-state index is 13.3. The molecule has 2 rings (SSSR count). The van der Waals surface area contributed by atoms with Crippen LogP contribution in [0.2, 0.25) is 0 Å². The lowest BCUT2D eigenvalue weighted by molar-refractivity contribution is 0.199. The van der Waals surface area contributed by atoms with Crippen LogP contribution >= 0.6 is 11.8 Å². The van der Waals surface area contributed by atoms with Gasteiger partial charge in [0.05, 0.1) is 6.10 Å². The lowest BCUT2D eigenvalue weighted by Crippen LogP contribution is -2.45. The fourth-order valence-electron chi connectivity index (χ4n) is 2.39. The zero-order valence-electron chi connectivity index (χ0n) is 11.1. The first-order chi connectivity index (χ1) is 8.50. The van der Waals surface area contributed by atoms with E-state index in [4.69, 9.17) is 0 Å². The number of rotatable bonds is 2. The number of benzene rings is 1. The Bertz CT molecular complexity index is 424. The summed E-state index contributed by atoms with van der Waals surface area (Å²) < 4.78 is 13.3. The summed E-state index contributed by atoms with van der Waals surface area (Å²) in [6, 6.07) is 5.10. The van der Waals surface area contributed by atoms with Crippen LogP contribution in [0.3, 0.4) is 0 Å². The standard InChI is InChI=1S/C14H20FNOS/c1-9-11(3)18-7-6-16(9)14-5-4-12(15)8-13(14)10(2)17/h4-5,8-11,17H,6-7H2,1-3H3/t9?,10-,11?/m1/s1. The molecular weight excluding hydrogens is 249 g/mol. The number of aliphatic hydroxyl groups excluding tert-OH is 1. The van der Waals surface area contributed by atoms with Crippen molar-refractivity contribution in [2.24, 2.45) is 0 Å². The summed E-state index contributed by atoms with van der Waals surface area (Å²) in [7, 11) is 0. The van der Waals surface area contributed by atoms with Crippen LogP contribution in [0, 0.1) is 5.82 Å². The maximum absolute atomic E-state index is 13.3. The van der Waals surface area contributed by atoms with Crippen LogP contribution < -0.4 is 4.90 Å². The van der Waals surface area contributed by atoms with Crippen LogP contribution in [0.1, 0.15) is 32.4 Å². The second kappa shape index (κ2) is 5.49. The van der Waals surface area contributed by atoms with Gasteiger partial charge in [0, 0.05) is 34.8 Å². The quantitative estimate of drug-likeness (QED) is 0.892. The van der Waals surface area contributed by atoms with Crippen molar-refractivity contribution in [2.75, 3.05) is 17.2 Å². The van der Waals surface area contributed by atoms with Gasteiger partial charge in [-0.15, -0.1) is 0 Å². The summed E-state index contributed by atoms with van der Waals surface area (Å²) in [5.41, 5.74) is 1.65. The van der Waals surface area contributed by atoms with Crippen LogP contribution in [0.4, 0.5) is 10.1 Å². The van der Waals surface area contributed by atoms with Crippen LogP contribution in [-0.4, -0.2) is 28.7 Å². The molecule has 0 aromatic heterocycles. The average molecular weight is 269 g/mol. The summed E-state index contributed by atoms with van der Waals surface area (Å²) >= 11 is 1.96. The minimum Gasteiger partial charge on any atom is -0.389 e. The van der Waals surface area contributed by atoms with Gasteiger partial charge in [-0.05, 0) is 32.0 Å².